The van der Waals surface area contributed by atoms with Crippen LogP contribution in [0.1, 0.15) is 31.9 Å². The molecule has 4 nitrogen and oxygen atoms in total. The van der Waals surface area contributed by atoms with E-state index in [2.05, 4.69) is 0 Å². The molecule has 0 radical (unpaired) electrons. The zero-order valence-corrected chi connectivity index (χ0v) is 20.9. The van der Waals surface area contributed by atoms with Gasteiger partial charge in [-0.2, -0.15) is 0 Å². The number of halogens is 2. The summed E-state index contributed by atoms with van der Waals surface area (Å²) in [5.74, 6) is 0.599. The average molecular weight is 508 g/mol. The zero-order valence-electron chi connectivity index (χ0n) is 20.1. The van der Waals surface area contributed by atoms with Gasteiger partial charge in [-0.15, -0.1) is 11.3 Å². The van der Waals surface area contributed by atoms with Gasteiger partial charge in [0.2, 0.25) is 12.2 Å². The molecule has 7 heteroatoms. The SMILES string of the molecule is Cc1ccc(C(=O)c2sc3cc(O)ccc3c2Oc2ccc(CCN3CC(C(F)F)C3)cc2)c(C)c1. The Bertz CT molecular complexity index is 1410. The number of aryl methyl sites for hydroxylation is 2. The standard InChI is InChI=1S/C29H27F2NO3S/c1-17-3-9-23(18(2)13-17)26(34)28-27(24-10-6-21(33)14-25(24)36-28)35-22-7-4-19(5-8-22)11-12-32-15-20(16-32)29(30)31/h3-10,13-14,20,29,33H,11-12,15-16H2,1-2H3. The van der Waals surface area contributed by atoms with E-state index in [1.165, 1.54) is 11.3 Å². The van der Waals surface area contributed by atoms with E-state index in [0.29, 0.717) is 35.0 Å². The van der Waals surface area contributed by atoms with Crippen molar-refractivity contribution >= 4 is 27.2 Å². The molecule has 5 rings (SSSR count). The first-order valence-corrected chi connectivity index (χ1v) is 12.7. The van der Waals surface area contributed by atoms with Gasteiger partial charge in [-0.3, -0.25) is 4.79 Å². The number of nitrogens with zero attached hydrogens (tertiary/aromatic N) is 1. The van der Waals surface area contributed by atoms with Gasteiger partial charge >= 0.3 is 0 Å². The van der Waals surface area contributed by atoms with Crippen molar-refractivity contribution in [2.75, 3.05) is 19.6 Å². The second kappa shape index (κ2) is 9.99. The Hall–Kier alpha value is -3.29. The van der Waals surface area contributed by atoms with E-state index in [9.17, 15) is 18.7 Å². The van der Waals surface area contributed by atoms with Crippen molar-refractivity contribution in [3.63, 3.8) is 0 Å². The number of aromatic hydroxyl groups is 1. The van der Waals surface area contributed by atoms with Crippen LogP contribution in [0, 0.1) is 19.8 Å². The first-order chi connectivity index (χ1) is 17.3. The smallest absolute Gasteiger partial charge is 0.243 e. The van der Waals surface area contributed by atoms with Gasteiger partial charge in [0.05, 0.1) is 0 Å². The molecule has 0 saturated carbocycles. The van der Waals surface area contributed by atoms with E-state index in [1.54, 1.807) is 18.2 Å². The number of hydrogen-bond donors (Lipinski definition) is 1. The second-order valence-electron chi connectivity index (χ2n) is 9.44. The first-order valence-electron chi connectivity index (χ1n) is 11.9. The molecule has 1 saturated heterocycles. The fraction of sp³-hybridized carbons (Fsp3) is 0.276. The van der Waals surface area contributed by atoms with Crippen molar-refractivity contribution in [2.24, 2.45) is 5.92 Å². The number of ether oxygens (including phenoxy) is 1. The maximum absolute atomic E-state index is 13.6. The number of carbonyl (C=O) groups is 1. The molecule has 36 heavy (non-hydrogen) atoms. The largest absolute Gasteiger partial charge is 0.508 e. The van der Waals surface area contributed by atoms with E-state index in [4.69, 9.17) is 4.74 Å². The van der Waals surface area contributed by atoms with Gasteiger partial charge in [0.15, 0.2) is 5.75 Å². The lowest BCUT2D eigenvalue weighted by Gasteiger charge is -2.38. The maximum atomic E-state index is 13.6. The van der Waals surface area contributed by atoms with Crippen LogP contribution >= 0.6 is 11.3 Å². The normalized spacial score (nSPS) is 14.4. The highest BCUT2D eigenvalue weighted by Crippen LogP contribution is 2.43. The second-order valence-corrected chi connectivity index (χ2v) is 10.5. The third-order valence-corrected chi connectivity index (χ3v) is 7.80. The maximum Gasteiger partial charge on any atom is 0.243 e. The number of rotatable bonds is 8. The highest BCUT2D eigenvalue weighted by Gasteiger charge is 2.33. The Kier molecular flexibility index (Phi) is 6.77. The number of hydrogen-bond acceptors (Lipinski definition) is 5. The molecule has 1 N–H and O–H groups in total. The van der Waals surface area contributed by atoms with Gasteiger partial charge in [0.25, 0.3) is 0 Å². The molecule has 186 valence electrons. The van der Waals surface area contributed by atoms with Crippen LogP contribution in [0.3, 0.4) is 0 Å². The summed E-state index contributed by atoms with van der Waals surface area (Å²) in [4.78, 5) is 16.1. The van der Waals surface area contributed by atoms with Crippen LogP contribution < -0.4 is 4.74 Å². The van der Waals surface area contributed by atoms with Gasteiger partial charge < -0.3 is 14.7 Å². The van der Waals surface area contributed by atoms with E-state index >= 15 is 0 Å². The molecule has 0 spiro atoms. The monoisotopic (exact) mass is 507 g/mol. The molecule has 1 fully saturated rings. The van der Waals surface area contributed by atoms with Crippen molar-refractivity contribution in [1.82, 2.24) is 4.90 Å². The number of phenols is 1. The molecule has 2 heterocycles. The Labute approximate surface area is 212 Å². The summed E-state index contributed by atoms with van der Waals surface area (Å²) in [6.45, 7) is 5.57. The Morgan fingerprint density at radius 2 is 1.83 bits per heavy atom. The summed E-state index contributed by atoms with van der Waals surface area (Å²) in [6, 6.07) is 18.4. The molecule has 1 aliphatic rings. The third kappa shape index (κ3) is 4.99. The lowest BCUT2D eigenvalue weighted by atomic mass is 10.00. The fourth-order valence-corrected chi connectivity index (χ4v) is 5.70. The van der Waals surface area contributed by atoms with Crippen LogP contribution in [0.5, 0.6) is 17.2 Å². The van der Waals surface area contributed by atoms with Gasteiger partial charge in [-0.1, -0.05) is 35.9 Å². The van der Waals surface area contributed by atoms with Crippen LogP contribution in [0.25, 0.3) is 10.1 Å². The summed E-state index contributed by atoms with van der Waals surface area (Å²) < 4.78 is 32.4. The topological polar surface area (TPSA) is 49.8 Å². The predicted molar refractivity (Wildman–Crippen MR) is 139 cm³/mol. The third-order valence-electron chi connectivity index (χ3n) is 6.66. The van der Waals surface area contributed by atoms with Crippen molar-refractivity contribution in [1.29, 1.82) is 0 Å². The predicted octanol–water partition coefficient (Wildman–Crippen LogP) is 6.99. The molecule has 1 aromatic heterocycles. The number of benzene rings is 3. The summed E-state index contributed by atoms with van der Waals surface area (Å²) >= 11 is 1.31. The Morgan fingerprint density at radius 1 is 1.08 bits per heavy atom. The molecular weight excluding hydrogens is 480 g/mol. The average Bonchev–Trinajstić information content (AvgIpc) is 3.15. The zero-order chi connectivity index (χ0) is 25.4. The summed E-state index contributed by atoms with van der Waals surface area (Å²) in [6.07, 6.45) is -1.46. The molecule has 0 bridgehead atoms. The number of likely N-dealkylation sites (tertiary alicyclic amines) is 1. The molecule has 0 atom stereocenters. The number of phenolic OH excluding ortho intramolecular Hbond substituents is 1. The van der Waals surface area contributed by atoms with Crippen molar-refractivity contribution in [3.8, 4) is 17.2 Å². The number of alkyl halides is 2. The van der Waals surface area contributed by atoms with Gasteiger partial charge in [-0.25, -0.2) is 8.78 Å². The lowest BCUT2D eigenvalue weighted by molar-refractivity contribution is -0.0233. The minimum absolute atomic E-state index is 0.114. The van der Waals surface area contributed by atoms with Crippen molar-refractivity contribution in [2.45, 2.75) is 26.7 Å². The van der Waals surface area contributed by atoms with E-state index in [-0.39, 0.29) is 11.5 Å². The van der Waals surface area contributed by atoms with Crippen LogP contribution in [0.4, 0.5) is 8.78 Å². The van der Waals surface area contributed by atoms with E-state index in [0.717, 1.165) is 39.7 Å². The molecule has 0 unspecified atom stereocenters. The highest BCUT2D eigenvalue weighted by atomic mass is 32.1. The van der Waals surface area contributed by atoms with Crippen LogP contribution in [-0.4, -0.2) is 41.8 Å². The van der Waals surface area contributed by atoms with Crippen LogP contribution in [0.2, 0.25) is 0 Å². The summed E-state index contributed by atoms with van der Waals surface area (Å²) in [7, 11) is 0. The summed E-state index contributed by atoms with van der Waals surface area (Å²) in [5, 5.41) is 10.7. The number of fused-ring (bicyclic) bond motifs is 1. The number of ketones is 1. The fourth-order valence-electron chi connectivity index (χ4n) is 4.58. The molecular formula is C29H27F2NO3S. The van der Waals surface area contributed by atoms with Crippen LogP contribution in [0.15, 0.2) is 60.7 Å². The minimum Gasteiger partial charge on any atom is -0.508 e. The van der Waals surface area contributed by atoms with Gasteiger partial charge in [-0.05, 0) is 61.7 Å². The van der Waals surface area contributed by atoms with Gasteiger partial charge in [0.1, 0.15) is 16.4 Å². The van der Waals surface area contributed by atoms with Gasteiger partial charge in [0, 0.05) is 41.2 Å². The molecule has 0 amide bonds. The van der Waals surface area contributed by atoms with Crippen molar-refractivity contribution in [3.05, 3.63) is 87.8 Å². The van der Waals surface area contributed by atoms with E-state index in [1.807, 2.05) is 61.2 Å². The number of carbonyl (C=O) groups excluding carboxylic acids is 1. The molecule has 4 aromatic rings. The molecule has 1 aliphatic heterocycles. The molecule has 0 aliphatic carbocycles. The Morgan fingerprint density at radius 3 is 2.53 bits per heavy atom. The van der Waals surface area contributed by atoms with Crippen molar-refractivity contribution < 1.29 is 23.4 Å². The number of thiophene rings is 1. The molecule has 3 aromatic carbocycles. The summed E-state index contributed by atoms with van der Waals surface area (Å²) in [5.41, 5.74) is 3.70. The quantitative estimate of drug-likeness (QED) is 0.261. The minimum atomic E-state index is -2.23. The van der Waals surface area contributed by atoms with E-state index < -0.39 is 12.3 Å². The van der Waals surface area contributed by atoms with Crippen LogP contribution in [-0.2, 0) is 6.42 Å². The first kappa shape index (κ1) is 24.4. The highest BCUT2D eigenvalue weighted by molar-refractivity contribution is 7.21. The Balaban J connectivity index is 1.37. The lowest BCUT2D eigenvalue weighted by Crippen LogP contribution is -2.50.